The number of nitrogens with zero attached hydrogens (tertiary/aromatic N) is 1. The quantitative estimate of drug-likeness (QED) is 0.755. The molecule has 1 N–H and O–H groups in total. The molecule has 0 aromatic heterocycles. The van der Waals surface area contributed by atoms with Gasteiger partial charge in [0.25, 0.3) is 0 Å². The average Bonchev–Trinajstić information content (AvgIpc) is 3.03. The Morgan fingerprint density at radius 1 is 1.24 bits per heavy atom. The number of likely N-dealkylation sites (tertiary alicyclic amines) is 1. The van der Waals surface area contributed by atoms with Crippen molar-refractivity contribution >= 4 is 17.8 Å². The Labute approximate surface area is 172 Å². The van der Waals surface area contributed by atoms with E-state index in [1.165, 1.54) is 12.0 Å². The monoisotopic (exact) mass is 404 g/mol. The summed E-state index contributed by atoms with van der Waals surface area (Å²) in [5.41, 5.74) is 0.470. The molecule has 0 spiro atoms. The van der Waals surface area contributed by atoms with Crippen LogP contribution in [0, 0.1) is 5.92 Å². The predicted molar refractivity (Wildman–Crippen MR) is 109 cm³/mol. The summed E-state index contributed by atoms with van der Waals surface area (Å²) in [7, 11) is 1.49. The minimum Gasteiger partial charge on any atom is -0.444 e. The Balaban J connectivity index is 2.00. The summed E-state index contributed by atoms with van der Waals surface area (Å²) in [4.78, 5) is 38.7. The number of hydrogen-bond acceptors (Lipinski definition) is 5. The van der Waals surface area contributed by atoms with Gasteiger partial charge in [-0.1, -0.05) is 37.3 Å². The molecular weight excluding hydrogens is 372 g/mol. The van der Waals surface area contributed by atoms with Crippen LogP contribution >= 0.6 is 0 Å². The van der Waals surface area contributed by atoms with Gasteiger partial charge in [-0.25, -0.2) is 4.79 Å². The summed E-state index contributed by atoms with van der Waals surface area (Å²) >= 11 is 0. The van der Waals surface area contributed by atoms with Gasteiger partial charge in [-0.2, -0.15) is 0 Å². The number of ether oxygens (including phenoxy) is 2. The van der Waals surface area contributed by atoms with Crippen molar-refractivity contribution in [2.24, 2.45) is 5.92 Å². The van der Waals surface area contributed by atoms with Crippen LogP contribution < -0.4 is 5.32 Å². The molecule has 0 bridgehead atoms. The fourth-order valence-electron chi connectivity index (χ4n) is 3.51. The minimum atomic E-state index is -0.670. The first-order valence-corrected chi connectivity index (χ1v) is 9.98. The van der Waals surface area contributed by atoms with Crippen molar-refractivity contribution in [1.29, 1.82) is 0 Å². The van der Waals surface area contributed by atoms with Gasteiger partial charge in [0.1, 0.15) is 5.60 Å². The number of methoxy groups -OCH3 is 1. The highest BCUT2D eigenvalue weighted by Crippen LogP contribution is 2.26. The third-order valence-corrected chi connectivity index (χ3v) is 4.93. The molecule has 0 aliphatic carbocycles. The number of carbonyl (C=O) groups excluding carboxylic acids is 3. The van der Waals surface area contributed by atoms with E-state index in [-0.39, 0.29) is 24.7 Å². The molecule has 1 aromatic rings. The molecule has 2 amide bonds. The second-order valence-electron chi connectivity index (χ2n) is 8.43. The van der Waals surface area contributed by atoms with Crippen LogP contribution in [0.2, 0.25) is 0 Å². The number of amides is 2. The maximum absolute atomic E-state index is 12.7. The highest BCUT2D eigenvalue weighted by Gasteiger charge is 2.44. The average molecular weight is 405 g/mol. The number of rotatable bonds is 7. The van der Waals surface area contributed by atoms with Crippen molar-refractivity contribution in [2.75, 3.05) is 20.2 Å². The molecular formula is C22H32N2O5. The van der Waals surface area contributed by atoms with Crippen LogP contribution in [0.3, 0.4) is 0 Å². The lowest BCUT2D eigenvalue weighted by Crippen LogP contribution is -2.50. The molecule has 1 aliphatic rings. The fraction of sp³-hybridized carbons (Fsp3) is 0.591. The van der Waals surface area contributed by atoms with E-state index >= 15 is 0 Å². The van der Waals surface area contributed by atoms with E-state index in [0.717, 1.165) is 12.0 Å². The topological polar surface area (TPSA) is 84.9 Å². The van der Waals surface area contributed by atoms with Gasteiger partial charge in [0.15, 0.2) is 5.78 Å². The highest BCUT2D eigenvalue weighted by atomic mass is 16.6. The maximum Gasteiger partial charge on any atom is 0.411 e. The van der Waals surface area contributed by atoms with Crippen molar-refractivity contribution in [3.8, 4) is 0 Å². The van der Waals surface area contributed by atoms with E-state index in [1.807, 2.05) is 30.3 Å². The highest BCUT2D eigenvalue weighted by molar-refractivity contribution is 5.89. The summed E-state index contributed by atoms with van der Waals surface area (Å²) < 4.78 is 11.0. The van der Waals surface area contributed by atoms with Gasteiger partial charge in [-0.15, -0.1) is 0 Å². The van der Waals surface area contributed by atoms with Crippen molar-refractivity contribution in [3.63, 3.8) is 0 Å². The largest absolute Gasteiger partial charge is 0.444 e. The standard InChI is InChI=1S/C22H32N2O5/c1-15(20(26)23-12-11-16-9-7-6-8-10-16)19(28-5)18-13-17(25)14-24(18)21(27)29-22(2,3)4/h6-10,15,18-19H,11-14H2,1-5H3,(H,23,26)/t15-,18-,19-/m1/s1. The Bertz CT molecular complexity index is 714. The van der Waals surface area contributed by atoms with Gasteiger partial charge in [-0.3, -0.25) is 14.5 Å². The molecule has 29 heavy (non-hydrogen) atoms. The molecule has 1 aliphatic heterocycles. The van der Waals surface area contributed by atoms with Gasteiger partial charge in [0, 0.05) is 20.1 Å². The van der Waals surface area contributed by atoms with Crippen LogP contribution in [0.4, 0.5) is 4.79 Å². The van der Waals surface area contributed by atoms with Gasteiger partial charge >= 0.3 is 6.09 Å². The molecule has 1 aromatic carbocycles. The SMILES string of the molecule is CO[C@@H]([C@H]1CC(=O)CN1C(=O)OC(C)(C)C)[C@@H](C)C(=O)NCCc1ccccc1. The Kier molecular flexibility index (Phi) is 7.79. The van der Waals surface area contributed by atoms with E-state index in [2.05, 4.69) is 5.32 Å². The van der Waals surface area contributed by atoms with E-state index in [4.69, 9.17) is 9.47 Å². The van der Waals surface area contributed by atoms with Gasteiger partial charge in [0.05, 0.1) is 24.6 Å². The Morgan fingerprint density at radius 3 is 2.48 bits per heavy atom. The molecule has 7 nitrogen and oxygen atoms in total. The predicted octanol–water partition coefficient (Wildman–Crippen LogP) is 2.57. The van der Waals surface area contributed by atoms with Gasteiger partial charge in [0.2, 0.25) is 5.91 Å². The summed E-state index contributed by atoms with van der Waals surface area (Å²) in [5, 5.41) is 2.92. The third kappa shape index (κ3) is 6.56. The van der Waals surface area contributed by atoms with E-state index in [9.17, 15) is 14.4 Å². The van der Waals surface area contributed by atoms with E-state index in [1.54, 1.807) is 27.7 Å². The lowest BCUT2D eigenvalue weighted by molar-refractivity contribution is -0.130. The molecule has 0 unspecified atom stereocenters. The summed E-state index contributed by atoms with van der Waals surface area (Å²) in [6, 6.07) is 9.36. The summed E-state index contributed by atoms with van der Waals surface area (Å²) in [5.74, 6) is -0.771. The molecule has 0 saturated carbocycles. The second-order valence-corrected chi connectivity index (χ2v) is 8.43. The molecule has 1 saturated heterocycles. The van der Waals surface area contributed by atoms with Crippen molar-refractivity contribution in [3.05, 3.63) is 35.9 Å². The summed E-state index contributed by atoms with van der Waals surface area (Å²) in [6.45, 7) is 7.55. The van der Waals surface area contributed by atoms with Crippen LogP contribution in [0.25, 0.3) is 0 Å². The van der Waals surface area contributed by atoms with E-state index in [0.29, 0.717) is 6.54 Å². The van der Waals surface area contributed by atoms with Crippen molar-refractivity contribution < 1.29 is 23.9 Å². The number of ketones is 1. The normalized spacial score (nSPS) is 19.0. The lowest BCUT2D eigenvalue weighted by Gasteiger charge is -2.34. The maximum atomic E-state index is 12.7. The zero-order chi connectivity index (χ0) is 21.6. The van der Waals surface area contributed by atoms with Crippen molar-refractivity contribution in [2.45, 2.75) is 58.3 Å². The minimum absolute atomic E-state index is 0.0260. The van der Waals surface area contributed by atoms with E-state index < -0.39 is 29.8 Å². The molecule has 1 heterocycles. The number of benzene rings is 1. The zero-order valence-corrected chi connectivity index (χ0v) is 17.9. The molecule has 7 heteroatoms. The van der Waals surface area contributed by atoms with Crippen LogP contribution in [0.1, 0.15) is 39.7 Å². The molecule has 1 fully saturated rings. The molecule has 160 valence electrons. The fourth-order valence-corrected chi connectivity index (χ4v) is 3.51. The smallest absolute Gasteiger partial charge is 0.411 e. The molecule has 3 atom stereocenters. The Morgan fingerprint density at radius 2 is 1.90 bits per heavy atom. The number of carbonyl (C=O) groups is 3. The summed E-state index contributed by atoms with van der Waals surface area (Å²) in [6.07, 6.45) is -0.291. The van der Waals surface area contributed by atoms with Crippen LogP contribution in [-0.4, -0.2) is 60.6 Å². The first-order chi connectivity index (χ1) is 13.6. The molecule has 0 radical (unpaired) electrons. The number of Topliss-reactive ketones (excluding diaryl/α,β-unsaturated/α-hetero) is 1. The van der Waals surface area contributed by atoms with Crippen LogP contribution in [-0.2, 0) is 25.5 Å². The number of hydrogen-bond donors (Lipinski definition) is 1. The lowest BCUT2D eigenvalue weighted by atomic mass is 9.94. The number of nitrogens with one attached hydrogen (secondary N) is 1. The van der Waals surface area contributed by atoms with Crippen molar-refractivity contribution in [1.82, 2.24) is 10.2 Å². The Hall–Kier alpha value is -2.41. The van der Waals surface area contributed by atoms with Gasteiger partial charge in [-0.05, 0) is 32.8 Å². The van der Waals surface area contributed by atoms with Crippen LogP contribution in [0.15, 0.2) is 30.3 Å². The van der Waals surface area contributed by atoms with Gasteiger partial charge < -0.3 is 14.8 Å². The first kappa shape index (κ1) is 22.9. The molecule has 2 rings (SSSR count). The zero-order valence-electron chi connectivity index (χ0n) is 17.9. The first-order valence-electron chi connectivity index (χ1n) is 9.98. The third-order valence-electron chi connectivity index (χ3n) is 4.93. The second kappa shape index (κ2) is 9.87. The van der Waals surface area contributed by atoms with Crippen LogP contribution in [0.5, 0.6) is 0 Å².